The first kappa shape index (κ1) is 10.0. The van der Waals surface area contributed by atoms with E-state index in [1.807, 2.05) is 19.6 Å². The fraction of sp³-hybridized carbons (Fsp3) is 1.00. The van der Waals surface area contributed by atoms with Crippen LogP contribution in [0.1, 0.15) is 0 Å². The van der Waals surface area contributed by atoms with E-state index in [-0.39, 0.29) is 22.4 Å². The molecule has 0 heterocycles. The molecular weight excluding hydrogens is 261 g/mol. The van der Waals surface area contributed by atoms with Crippen molar-refractivity contribution in [2.75, 3.05) is 0 Å². The van der Waals surface area contributed by atoms with Gasteiger partial charge in [-0.25, -0.2) is 0 Å². The second kappa shape index (κ2) is 2.99. The molecule has 0 aromatic carbocycles. The molecule has 0 atom stereocenters. The number of hydrogen-bond donors (Lipinski definition) is 1. The summed E-state index contributed by atoms with van der Waals surface area (Å²) in [4.78, 5) is 8.66. The van der Waals surface area contributed by atoms with Gasteiger partial charge >= 0.3 is 0 Å². The average molecular weight is 271 g/mol. The van der Waals surface area contributed by atoms with Crippen molar-refractivity contribution in [1.29, 1.82) is 0 Å². The van der Waals surface area contributed by atoms with Gasteiger partial charge in [0.05, 0.1) is 0 Å². The summed E-state index contributed by atoms with van der Waals surface area (Å²) in [5, 5.41) is 0. The van der Waals surface area contributed by atoms with Gasteiger partial charge in [-0.3, -0.25) is 0 Å². The van der Waals surface area contributed by atoms with Crippen molar-refractivity contribution < 1.29 is 27.2 Å². The zero-order valence-electron chi connectivity index (χ0n) is 4.39. The maximum Gasteiger partial charge on any atom is 0.179 e. The predicted molar refractivity (Wildman–Crippen MR) is 25.6 cm³/mol. The minimum atomic E-state index is -1.61. The summed E-state index contributed by atoms with van der Waals surface area (Å²) in [7, 11) is -1.61. The van der Waals surface area contributed by atoms with Gasteiger partial charge in [-0.05, 0) is 19.6 Å². The second-order valence-electron chi connectivity index (χ2n) is 2.17. The van der Waals surface area contributed by atoms with Gasteiger partial charge in [-0.2, -0.15) is 0 Å². The summed E-state index contributed by atoms with van der Waals surface area (Å²) in [6.45, 7) is 5.65. The van der Waals surface area contributed by atoms with Gasteiger partial charge in [-0.15, -0.1) is 0 Å². The normalized spacial score (nSPS) is 10.0. The number of hydrogen-bond acceptors (Lipinski definition) is 1. The van der Waals surface area contributed by atoms with Gasteiger partial charge in [0, 0.05) is 22.4 Å². The largest absolute Gasteiger partial charge is 0.433 e. The van der Waals surface area contributed by atoms with E-state index in [1.54, 1.807) is 0 Å². The van der Waals surface area contributed by atoms with Crippen molar-refractivity contribution in [3.63, 3.8) is 0 Å². The smallest absolute Gasteiger partial charge is 0.179 e. The fourth-order valence-electron chi connectivity index (χ4n) is 0. The van der Waals surface area contributed by atoms with Crippen LogP contribution in [0, 0.1) is 0 Å². The van der Waals surface area contributed by atoms with Crippen LogP contribution in [0.5, 0.6) is 0 Å². The Morgan fingerprint density at radius 1 is 1.17 bits per heavy atom. The first-order valence-electron chi connectivity index (χ1n) is 1.72. The second-order valence-corrected chi connectivity index (χ2v) is 6.51. The van der Waals surface area contributed by atoms with E-state index < -0.39 is 8.32 Å². The maximum atomic E-state index is 8.66. The molecule has 0 spiro atoms. The molecule has 0 rings (SSSR count). The third-order valence-electron chi connectivity index (χ3n) is 0. The summed E-state index contributed by atoms with van der Waals surface area (Å²) in [6, 6.07) is 0. The molecule has 0 amide bonds. The Hall–Kier alpha value is 0.917. The summed E-state index contributed by atoms with van der Waals surface area (Å²) in [6.07, 6.45) is 0. The minimum absolute atomic E-state index is 0. The van der Waals surface area contributed by atoms with Crippen molar-refractivity contribution in [2.24, 2.45) is 0 Å². The molecule has 1 nitrogen and oxygen atoms in total. The third kappa shape index (κ3) is 89.7. The van der Waals surface area contributed by atoms with E-state index in [2.05, 4.69) is 0 Å². The summed E-state index contributed by atoms with van der Waals surface area (Å²) in [5.74, 6) is 0. The minimum Gasteiger partial charge on any atom is -0.433 e. The van der Waals surface area contributed by atoms with Gasteiger partial charge in [-0.1, -0.05) is 0 Å². The Balaban J connectivity index is 0. The van der Waals surface area contributed by atoms with Crippen LogP contribution in [-0.4, -0.2) is 13.1 Å². The molecule has 0 aliphatic rings. The average Bonchev–Trinajstić information content (AvgIpc) is 0.722. The molecule has 0 aliphatic heterocycles. The molecule has 0 fully saturated rings. The van der Waals surface area contributed by atoms with E-state index in [1.165, 1.54) is 0 Å². The Bertz CT molecular complexity index is 26.3. The van der Waals surface area contributed by atoms with Gasteiger partial charge < -0.3 is 4.80 Å². The monoisotopic (exact) mass is 271 g/mol. The maximum absolute atomic E-state index is 8.66. The molecule has 1 radical (unpaired) electrons. The summed E-state index contributed by atoms with van der Waals surface area (Å²) < 4.78 is 0. The van der Waals surface area contributed by atoms with Crippen LogP contribution < -0.4 is 0 Å². The molecule has 0 aromatic rings. The summed E-state index contributed by atoms with van der Waals surface area (Å²) >= 11 is 0. The molecule has 0 saturated heterocycles. The molecular formula is C3H10OSiTa. The molecule has 0 saturated carbocycles. The summed E-state index contributed by atoms with van der Waals surface area (Å²) in [5.41, 5.74) is 0. The standard InChI is InChI=1S/C3H10OSi.Ta/c1-5(2,3)4;/h4H,1-3H3;. The van der Waals surface area contributed by atoms with Crippen LogP contribution in [-0.2, 0) is 22.4 Å². The molecule has 0 bridgehead atoms. The van der Waals surface area contributed by atoms with Crippen LogP contribution in [0.4, 0.5) is 0 Å². The topological polar surface area (TPSA) is 20.2 Å². The van der Waals surface area contributed by atoms with Gasteiger partial charge in [0.25, 0.3) is 0 Å². The van der Waals surface area contributed by atoms with Gasteiger partial charge in [0.1, 0.15) is 0 Å². The van der Waals surface area contributed by atoms with Crippen molar-refractivity contribution in [3.8, 4) is 0 Å². The zero-order valence-corrected chi connectivity index (χ0v) is 8.61. The Morgan fingerprint density at radius 3 is 1.17 bits per heavy atom. The van der Waals surface area contributed by atoms with E-state index in [0.29, 0.717) is 0 Å². The SMILES string of the molecule is C[Si](C)(C)O.[Ta]. The Morgan fingerprint density at radius 2 is 1.17 bits per heavy atom. The molecule has 0 aliphatic carbocycles. The number of rotatable bonds is 0. The molecule has 37 valence electrons. The van der Waals surface area contributed by atoms with E-state index in [9.17, 15) is 0 Å². The Labute approximate surface area is 55.4 Å². The molecule has 6 heavy (non-hydrogen) atoms. The predicted octanol–water partition coefficient (Wildman–Crippen LogP) is 0.811. The first-order valence-corrected chi connectivity index (χ1v) is 5.17. The quantitative estimate of drug-likeness (QED) is 0.646. The fourth-order valence-corrected chi connectivity index (χ4v) is 0. The van der Waals surface area contributed by atoms with Crippen LogP contribution in [0.15, 0.2) is 0 Å². The van der Waals surface area contributed by atoms with Crippen molar-refractivity contribution in [1.82, 2.24) is 0 Å². The zero-order chi connectivity index (χ0) is 4.50. The molecule has 0 aromatic heterocycles. The van der Waals surface area contributed by atoms with E-state index in [4.69, 9.17) is 4.80 Å². The molecule has 1 N–H and O–H groups in total. The Kier molecular flexibility index (Phi) is 4.99. The first-order chi connectivity index (χ1) is 2.00. The molecule has 0 unspecified atom stereocenters. The van der Waals surface area contributed by atoms with Crippen molar-refractivity contribution >= 4 is 8.32 Å². The molecule has 3 heteroatoms. The van der Waals surface area contributed by atoms with Crippen LogP contribution in [0.2, 0.25) is 19.6 Å². The van der Waals surface area contributed by atoms with E-state index >= 15 is 0 Å². The van der Waals surface area contributed by atoms with E-state index in [0.717, 1.165) is 0 Å². The van der Waals surface area contributed by atoms with Crippen LogP contribution in [0.3, 0.4) is 0 Å². The van der Waals surface area contributed by atoms with Crippen molar-refractivity contribution in [2.45, 2.75) is 19.6 Å². The van der Waals surface area contributed by atoms with Gasteiger partial charge in [0.2, 0.25) is 0 Å². The van der Waals surface area contributed by atoms with Crippen LogP contribution in [0.25, 0.3) is 0 Å². The van der Waals surface area contributed by atoms with Crippen molar-refractivity contribution in [3.05, 3.63) is 0 Å². The third-order valence-corrected chi connectivity index (χ3v) is 0. The van der Waals surface area contributed by atoms with Crippen LogP contribution >= 0.6 is 0 Å². The van der Waals surface area contributed by atoms with Gasteiger partial charge in [0.15, 0.2) is 8.32 Å².